The SMILES string of the molecule is COPc1cccc(C(F)(F)F)c1C(F)(F)F. The van der Waals surface area contributed by atoms with Gasteiger partial charge < -0.3 is 4.52 Å². The van der Waals surface area contributed by atoms with Crippen LogP contribution in [0, 0.1) is 0 Å². The van der Waals surface area contributed by atoms with Crippen LogP contribution in [-0.2, 0) is 16.9 Å². The third-order valence-electron chi connectivity index (χ3n) is 1.87. The van der Waals surface area contributed by atoms with Crippen molar-refractivity contribution in [3.63, 3.8) is 0 Å². The van der Waals surface area contributed by atoms with E-state index in [1.807, 2.05) is 0 Å². The Balaban J connectivity index is 3.46. The molecule has 0 N–H and O–H groups in total. The van der Waals surface area contributed by atoms with E-state index in [1.165, 1.54) is 0 Å². The van der Waals surface area contributed by atoms with Crippen LogP contribution in [0.15, 0.2) is 18.2 Å². The maximum Gasteiger partial charge on any atom is 0.417 e. The van der Waals surface area contributed by atoms with Crippen molar-refractivity contribution >= 4 is 14.1 Å². The molecule has 1 aromatic carbocycles. The Morgan fingerprint density at radius 3 is 2.00 bits per heavy atom. The molecule has 0 aromatic heterocycles. The van der Waals surface area contributed by atoms with Crippen LogP contribution in [0.3, 0.4) is 0 Å². The lowest BCUT2D eigenvalue weighted by molar-refractivity contribution is -0.161. The van der Waals surface area contributed by atoms with Crippen LogP contribution in [0.2, 0.25) is 0 Å². The first-order valence-electron chi connectivity index (χ1n) is 4.24. The van der Waals surface area contributed by atoms with Gasteiger partial charge in [0.15, 0.2) is 0 Å². The quantitative estimate of drug-likeness (QED) is 0.592. The van der Waals surface area contributed by atoms with Crippen LogP contribution in [0.25, 0.3) is 0 Å². The molecule has 1 unspecified atom stereocenters. The monoisotopic (exact) mass is 276 g/mol. The molecule has 0 amide bonds. The molecule has 0 heterocycles. The van der Waals surface area contributed by atoms with Gasteiger partial charge in [0.05, 0.1) is 11.1 Å². The molecule has 8 heteroatoms. The highest BCUT2D eigenvalue weighted by Crippen LogP contribution is 2.40. The highest BCUT2D eigenvalue weighted by atomic mass is 31.1. The molecule has 0 aliphatic carbocycles. The standard InChI is InChI=1S/C9H7F6OP/c1-16-17-6-4-2-3-5(8(10,11)12)7(6)9(13,14)15/h2-4,17H,1H3. The Hall–Kier alpha value is -0.810. The maximum absolute atomic E-state index is 12.6. The average molecular weight is 276 g/mol. The predicted molar refractivity (Wildman–Crippen MR) is 51.4 cm³/mol. The molecule has 1 rings (SSSR count). The summed E-state index contributed by atoms with van der Waals surface area (Å²) in [5, 5.41) is -0.505. The zero-order valence-electron chi connectivity index (χ0n) is 8.41. The molecule has 1 atom stereocenters. The molecule has 0 saturated heterocycles. The van der Waals surface area contributed by atoms with Gasteiger partial charge in [0, 0.05) is 21.2 Å². The molecule has 1 aromatic rings. The molecule has 0 fully saturated rings. The summed E-state index contributed by atoms with van der Waals surface area (Å²) in [5.74, 6) is 0. The smallest absolute Gasteiger partial charge is 0.361 e. The highest BCUT2D eigenvalue weighted by Gasteiger charge is 2.44. The zero-order valence-corrected chi connectivity index (χ0v) is 9.41. The molecule has 17 heavy (non-hydrogen) atoms. The van der Waals surface area contributed by atoms with E-state index in [0.29, 0.717) is 6.07 Å². The molecule has 0 aliphatic rings. The lowest BCUT2D eigenvalue weighted by Gasteiger charge is -2.18. The van der Waals surface area contributed by atoms with E-state index in [2.05, 4.69) is 4.52 Å². The summed E-state index contributed by atoms with van der Waals surface area (Å²) in [6.45, 7) is 0. The minimum absolute atomic E-state index is 0.409. The Morgan fingerprint density at radius 2 is 1.59 bits per heavy atom. The summed E-state index contributed by atoms with van der Waals surface area (Å²) in [5.41, 5.74) is -3.36. The average Bonchev–Trinajstić information content (AvgIpc) is 2.14. The van der Waals surface area contributed by atoms with E-state index >= 15 is 0 Å². The number of benzene rings is 1. The van der Waals surface area contributed by atoms with Gasteiger partial charge in [0.1, 0.15) is 0 Å². The molecule has 0 radical (unpaired) electrons. The second-order valence-corrected chi connectivity index (χ2v) is 4.18. The molecule has 0 saturated carbocycles. The van der Waals surface area contributed by atoms with E-state index in [4.69, 9.17) is 0 Å². The fourth-order valence-electron chi connectivity index (χ4n) is 1.29. The number of rotatable bonds is 2. The maximum atomic E-state index is 12.6. The molecule has 1 nitrogen and oxygen atoms in total. The third kappa shape index (κ3) is 3.33. The first-order chi connectivity index (χ1) is 7.68. The van der Waals surface area contributed by atoms with Crippen LogP contribution in [-0.4, -0.2) is 7.11 Å². The topological polar surface area (TPSA) is 9.23 Å². The van der Waals surface area contributed by atoms with Gasteiger partial charge in [0.2, 0.25) is 0 Å². The second kappa shape index (κ2) is 4.82. The minimum atomic E-state index is -5.06. The molecular weight excluding hydrogens is 269 g/mol. The van der Waals surface area contributed by atoms with Gasteiger partial charge in [-0.3, -0.25) is 0 Å². The van der Waals surface area contributed by atoms with Crippen molar-refractivity contribution in [3.05, 3.63) is 29.3 Å². The van der Waals surface area contributed by atoms with Gasteiger partial charge in [-0.1, -0.05) is 12.1 Å². The van der Waals surface area contributed by atoms with Gasteiger partial charge in [-0.2, -0.15) is 26.3 Å². The molecule has 0 bridgehead atoms. The summed E-state index contributed by atoms with van der Waals surface area (Å²) in [6, 6.07) is 2.31. The summed E-state index contributed by atoms with van der Waals surface area (Å²) in [6.07, 6.45) is -10.1. The lowest BCUT2D eigenvalue weighted by Crippen LogP contribution is -2.23. The first kappa shape index (κ1) is 14.3. The van der Waals surface area contributed by atoms with Crippen LogP contribution < -0.4 is 5.30 Å². The molecule has 96 valence electrons. The number of hydrogen-bond acceptors (Lipinski definition) is 1. The normalized spacial score (nSPS) is 13.6. The van der Waals surface area contributed by atoms with Crippen molar-refractivity contribution in [1.29, 1.82) is 0 Å². The zero-order chi connectivity index (χ0) is 13.3. The van der Waals surface area contributed by atoms with Crippen LogP contribution in [0.5, 0.6) is 0 Å². The van der Waals surface area contributed by atoms with Gasteiger partial charge in [0.25, 0.3) is 0 Å². The fourth-order valence-corrected chi connectivity index (χ4v) is 2.05. The number of alkyl halides is 6. The van der Waals surface area contributed by atoms with Crippen molar-refractivity contribution < 1.29 is 30.9 Å². The van der Waals surface area contributed by atoms with E-state index in [0.717, 1.165) is 19.2 Å². The molecular formula is C9H7F6OP. The lowest BCUT2D eigenvalue weighted by atomic mass is 10.1. The Kier molecular flexibility index (Phi) is 4.04. The van der Waals surface area contributed by atoms with Crippen molar-refractivity contribution in [2.24, 2.45) is 0 Å². The van der Waals surface area contributed by atoms with Crippen LogP contribution in [0.4, 0.5) is 26.3 Å². The van der Waals surface area contributed by atoms with Gasteiger partial charge in [-0.15, -0.1) is 0 Å². The summed E-state index contributed by atoms with van der Waals surface area (Å²) >= 11 is 0. The van der Waals surface area contributed by atoms with E-state index in [-0.39, 0.29) is 0 Å². The molecule has 0 spiro atoms. The van der Waals surface area contributed by atoms with Crippen molar-refractivity contribution in [3.8, 4) is 0 Å². The van der Waals surface area contributed by atoms with E-state index < -0.39 is 37.6 Å². The fraction of sp³-hybridized carbons (Fsp3) is 0.333. The number of halogens is 6. The van der Waals surface area contributed by atoms with E-state index in [1.54, 1.807) is 0 Å². The van der Waals surface area contributed by atoms with Gasteiger partial charge in [-0.05, 0) is 6.07 Å². The number of hydrogen-bond donors (Lipinski definition) is 0. The first-order valence-corrected chi connectivity index (χ1v) is 5.15. The predicted octanol–water partition coefficient (Wildman–Crippen LogP) is 3.59. The second-order valence-electron chi connectivity index (χ2n) is 3.03. The van der Waals surface area contributed by atoms with Gasteiger partial charge in [-0.25, -0.2) is 0 Å². The van der Waals surface area contributed by atoms with Crippen molar-refractivity contribution in [2.45, 2.75) is 12.4 Å². The van der Waals surface area contributed by atoms with E-state index in [9.17, 15) is 26.3 Å². The third-order valence-corrected chi connectivity index (χ3v) is 2.71. The Morgan fingerprint density at radius 1 is 1.00 bits per heavy atom. The van der Waals surface area contributed by atoms with Crippen LogP contribution in [0.1, 0.15) is 11.1 Å². The highest BCUT2D eigenvalue weighted by molar-refractivity contribution is 7.42. The summed E-state index contributed by atoms with van der Waals surface area (Å²) in [7, 11) is 0.339. The van der Waals surface area contributed by atoms with Crippen LogP contribution >= 0.6 is 8.81 Å². The summed E-state index contributed by atoms with van der Waals surface area (Å²) in [4.78, 5) is 0. The minimum Gasteiger partial charge on any atom is -0.361 e. The van der Waals surface area contributed by atoms with Crippen molar-refractivity contribution in [2.75, 3.05) is 7.11 Å². The Labute approximate surface area is 94.6 Å². The molecule has 0 aliphatic heterocycles. The Bertz CT molecular complexity index is 397. The van der Waals surface area contributed by atoms with Crippen molar-refractivity contribution in [1.82, 2.24) is 0 Å². The largest absolute Gasteiger partial charge is 0.417 e. The summed E-state index contributed by atoms with van der Waals surface area (Å²) < 4.78 is 79.7. The van der Waals surface area contributed by atoms with Gasteiger partial charge >= 0.3 is 12.4 Å².